The van der Waals surface area contributed by atoms with Crippen LogP contribution in [0.1, 0.15) is 12.8 Å². The Morgan fingerprint density at radius 2 is 1.62 bits per heavy atom. The van der Waals surface area contributed by atoms with Crippen molar-refractivity contribution in [3.05, 3.63) is 18.2 Å². The molecule has 0 unspecified atom stereocenters. The Balaban J connectivity index is 2.51. The quantitative estimate of drug-likeness (QED) is 0.844. The van der Waals surface area contributed by atoms with Crippen LogP contribution in [0.25, 0.3) is 0 Å². The van der Waals surface area contributed by atoms with Gasteiger partial charge >= 0.3 is 6.18 Å². The molecule has 0 aromatic heterocycles. The summed E-state index contributed by atoms with van der Waals surface area (Å²) in [6.45, 7) is 0. The first kappa shape index (κ1) is 19.2. The molecule has 1 heterocycles. The second-order valence-corrected chi connectivity index (χ2v) is 8.13. The molecule has 1 aromatic carbocycles. The van der Waals surface area contributed by atoms with Gasteiger partial charge in [0.1, 0.15) is 17.0 Å². The van der Waals surface area contributed by atoms with Crippen molar-refractivity contribution in [3.63, 3.8) is 0 Å². The molecule has 10 heteroatoms. The third kappa shape index (κ3) is 3.60. The molecule has 2 rings (SSSR count). The SMILES string of the molecule is COc1cccc(OC)c1S(=O)(=O)NC1(C(F)(F)F)CCSCC1. The number of hydrogen-bond acceptors (Lipinski definition) is 5. The fraction of sp³-hybridized carbons (Fsp3) is 0.571. The summed E-state index contributed by atoms with van der Waals surface area (Å²) in [4.78, 5) is -0.433. The predicted molar refractivity (Wildman–Crippen MR) is 85.2 cm³/mol. The number of ether oxygens (including phenoxy) is 2. The van der Waals surface area contributed by atoms with Gasteiger partial charge in [-0.15, -0.1) is 0 Å². The van der Waals surface area contributed by atoms with Crippen LogP contribution in [0.4, 0.5) is 13.2 Å². The van der Waals surface area contributed by atoms with Gasteiger partial charge in [0.25, 0.3) is 0 Å². The van der Waals surface area contributed by atoms with Crippen LogP contribution < -0.4 is 14.2 Å². The maximum Gasteiger partial charge on any atom is 0.407 e. The van der Waals surface area contributed by atoms with Gasteiger partial charge in [-0.25, -0.2) is 8.42 Å². The van der Waals surface area contributed by atoms with E-state index in [1.54, 1.807) is 0 Å². The average Bonchev–Trinajstić information content (AvgIpc) is 2.53. The molecule has 5 nitrogen and oxygen atoms in total. The molecule has 0 aliphatic carbocycles. The number of halogens is 3. The van der Waals surface area contributed by atoms with Crippen LogP contribution in [0.15, 0.2) is 23.1 Å². The highest BCUT2D eigenvalue weighted by Gasteiger charge is 2.57. The van der Waals surface area contributed by atoms with E-state index in [1.165, 1.54) is 44.2 Å². The fourth-order valence-corrected chi connectivity index (χ4v) is 5.51. The molecule has 1 aliphatic heterocycles. The minimum Gasteiger partial charge on any atom is -0.495 e. The highest BCUT2D eigenvalue weighted by atomic mass is 32.2. The number of nitrogens with one attached hydrogen (secondary N) is 1. The number of rotatable bonds is 5. The standard InChI is InChI=1S/C14H18F3NO4S2/c1-21-10-4-3-5-11(22-2)12(10)24(19,20)18-13(14(15,16)17)6-8-23-9-7-13/h3-5,18H,6-9H2,1-2H3. The van der Waals surface area contributed by atoms with Crippen LogP contribution in [0.3, 0.4) is 0 Å². The molecule has 1 saturated heterocycles. The zero-order valence-electron chi connectivity index (χ0n) is 13.1. The van der Waals surface area contributed by atoms with E-state index in [9.17, 15) is 21.6 Å². The molecule has 0 bridgehead atoms. The maximum atomic E-state index is 13.6. The molecular weight excluding hydrogens is 367 g/mol. The van der Waals surface area contributed by atoms with E-state index in [4.69, 9.17) is 9.47 Å². The Labute approximate surface area is 143 Å². The number of alkyl halides is 3. The second-order valence-electron chi connectivity index (χ2n) is 5.29. The monoisotopic (exact) mass is 385 g/mol. The van der Waals surface area contributed by atoms with Crippen LogP contribution in [-0.2, 0) is 10.0 Å². The van der Waals surface area contributed by atoms with E-state index in [2.05, 4.69) is 0 Å². The lowest BCUT2D eigenvalue weighted by atomic mass is 9.93. The van der Waals surface area contributed by atoms with Crippen molar-refractivity contribution in [2.75, 3.05) is 25.7 Å². The van der Waals surface area contributed by atoms with Crippen LogP contribution in [0, 0.1) is 0 Å². The van der Waals surface area contributed by atoms with Gasteiger partial charge in [-0.1, -0.05) is 6.07 Å². The lowest BCUT2D eigenvalue weighted by Gasteiger charge is -2.39. The largest absolute Gasteiger partial charge is 0.495 e. The van der Waals surface area contributed by atoms with Crippen LogP contribution in [0.2, 0.25) is 0 Å². The highest BCUT2D eigenvalue weighted by Crippen LogP contribution is 2.43. The van der Waals surface area contributed by atoms with E-state index >= 15 is 0 Å². The Kier molecular flexibility index (Phi) is 5.61. The third-order valence-electron chi connectivity index (χ3n) is 3.87. The van der Waals surface area contributed by atoms with Crippen molar-refractivity contribution in [1.82, 2.24) is 4.72 Å². The Hall–Kier alpha value is -1.13. The molecule has 24 heavy (non-hydrogen) atoms. The van der Waals surface area contributed by atoms with Gasteiger partial charge in [-0.05, 0) is 36.5 Å². The second kappa shape index (κ2) is 7.01. The third-order valence-corrected chi connectivity index (χ3v) is 6.45. The summed E-state index contributed by atoms with van der Waals surface area (Å²) < 4.78 is 78.2. The molecule has 0 atom stereocenters. The molecule has 0 saturated carbocycles. The van der Waals surface area contributed by atoms with Gasteiger partial charge in [0, 0.05) is 0 Å². The van der Waals surface area contributed by atoms with Crippen LogP contribution in [0.5, 0.6) is 11.5 Å². The minimum absolute atomic E-state index is 0.0793. The van der Waals surface area contributed by atoms with Gasteiger partial charge in [0.2, 0.25) is 10.0 Å². The molecule has 0 amide bonds. The van der Waals surface area contributed by atoms with Gasteiger partial charge in [-0.3, -0.25) is 0 Å². The number of methoxy groups -OCH3 is 2. The first-order chi connectivity index (χ1) is 11.2. The van der Waals surface area contributed by atoms with Crippen molar-refractivity contribution in [2.24, 2.45) is 0 Å². The Morgan fingerprint density at radius 3 is 2.04 bits per heavy atom. The van der Waals surface area contributed by atoms with E-state index in [1.807, 2.05) is 4.72 Å². The molecule has 1 aromatic rings. The molecule has 1 fully saturated rings. The lowest BCUT2D eigenvalue weighted by molar-refractivity contribution is -0.192. The summed E-state index contributed by atoms with van der Waals surface area (Å²) in [5.41, 5.74) is -2.48. The Morgan fingerprint density at radius 1 is 1.12 bits per heavy atom. The van der Waals surface area contributed by atoms with Crippen molar-refractivity contribution in [1.29, 1.82) is 0 Å². The predicted octanol–water partition coefficient (Wildman–Crippen LogP) is 2.81. The molecule has 0 spiro atoms. The zero-order valence-corrected chi connectivity index (χ0v) is 14.8. The number of thioether (sulfide) groups is 1. The normalized spacial score (nSPS) is 18.2. The highest BCUT2D eigenvalue weighted by molar-refractivity contribution is 7.99. The first-order valence-corrected chi connectivity index (χ1v) is 9.70. The molecule has 136 valence electrons. The number of benzene rings is 1. The van der Waals surface area contributed by atoms with Crippen LogP contribution >= 0.6 is 11.8 Å². The van der Waals surface area contributed by atoms with E-state index < -0.39 is 26.6 Å². The smallest absolute Gasteiger partial charge is 0.407 e. The molecular formula is C14H18F3NO4S2. The van der Waals surface area contributed by atoms with E-state index in [0.29, 0.717) is 0 Å². The number of hydrogen-bond donors (Lipinski definition) is 1. The van der Waals surface area contributed by atoms with Gasteiger partial charge < -0.3 is 9.47 Å². The summed E-state index contributed by atoms with van der Waals surface area (Å²) in [7, 11) is -2.03. The maximum absolute atomic E-state index is 13.6. The average molecular weight is 385 g/mol. The van der Waals surface area contributed by atoms with Crippen molar-refractivity contribution < 1.29 is 31.1 Å². The lowest BCUT2D eigenvalue weighted by Crippen LogP contribution is -2.60. The molecule has 0 radical (unpaired) electrons. The summed E-state index contributed by atoms with van der Waals surface area (Å²) in [6, 6.07) is 4.20. The Bertz CT molecular complexity index is 664. The topological polar surface area (TPSA) is 64.6 Å². The summed E-state index contributed by atoms with van der Waals surface area (Å²) >= 11 is 1.37. The van der Waals surface area contributed by atoms with Crippen LogP contribution in [-0.4, -0.2) is 45.9 Å². The minimum atomic E-state index is -4.70. The van der Waals surface area contributed by atoms with Crippen molar-refractivity contribution >= 4 is 21.8 Å². The molecule has 1 aliphatic rings. The van der Waals surface area contributed by atoms with Gasteiger partial charge in [-0.2, -0.15) is 29.7 Å². The summed E-state index contributed by atoms with van der Waals surface area (Å²) in [5.74, 6) is 0.296. The van der Waals surface area contributed by atoms with E-state index in [0.717, 1.165) is 0 Å². The van der Waals surface area contributed by atoms with Gasteiger partial charge in [0.05, 0.1) is 14.2 Å². The van der Waals surface area contributed by atoms with Crippen molar-refractivity contribution in [3.8, 4) is 11.5 Å². The van der Waals surface area contributed by atoms with E-state index in [-0.39, 0.29) is 35.8 Å². The summed E-state index contributed by atoms with van der Waals surface area (Å²) in [6.07, 6.45) is -5.34. The number of sulfonamides is 1. The fourth-order valence-electron chi connectivity index (χ4n) is 2.55. The molecule has 1 N–H and O–H groups in total. The van der Waals surface area contributed by atoms with Gasteiger partial charge in [0.15, 0.2) is 4.90 Å². The zero-order chi connectivity index (χ0) is 18.0. The van der Waals surface area contributed by atoms with Crippen molar-refractivity contribution in [2.45, 2.75) is 29.5 Å². The summed E-state index contributed by atoms with van der Waals surface area (Å²) in [5, 5.41) is 0. The first-order valence-electron chi connectivity index (χ1n) is 7.06.